The third kappa shape index (κ3) is 3.75. The summed E-state index contributed by atoms with van der Waals surface area (Å²) in [6.07, 6.45) is 5.01. The number of pyridine rings is 1. The van der Waals surface area contributed by atoms with E-state index in [1.54, 1.807) is 10.8 Å². The Balaban J connectivity index is 1.83. The van der Waals surface area contributed by atoms with E-state index in [1.165, 1.54) is 0 Å². The van der Waals surface area contributed by atoms with E-state index in [9.17, 15) is 14.4 Å². The smallest absolute Gasteiger partial charge is 0.270 e. The van der Waals surface area contributed by atoms with E-state index in [-0.39, 0.29) is 11.1 Å². The molecule has 0 unspecified atom stereocenters. The number of nitrogens with zero attached hydrogens (tertiary/aromatic N) is 3. The lowest BCUT2D eigenvalue weighted by molar-refractivity contribution is 0.250. The molecule has 5 heteroatoms. The molecule has 0 bridgehead atoms. The first kappa shape index (κ1) is 19.2. The van der Waals surface area contributed by atoms with Gasteiger partial charge in [-0.2, -0.15) is 5.26 Å². The van der Waals surface area contributed by atoms with Gasteiger partial charge in [0.05, 0.1) is 12.4 Å². The Kier molecular flexibility index (Phi) is 5.95. The molecular weight excluding hydrogens is 341 g/mol. The lowest BCUT2D eigenvalue weighted by Gasteiger charge is -2.41. The summed E-state index contributed by atoms with van der Waals surface area (Å²) in [6, 6.07) is 13.8. The lowest BCUT2D eigenvalue weighted by Crippen LogP contribution is -2.44. The summed E-state index contributed by atoms with van der Waals surface area (Å²) in [5.41, 5.74) is 1.20. The van der Waals surface area contributed by atoms with Crippen molar-refractivity contribution in [2.24, 2.45) is 0 Å². The number of hydrogen-bond acceptors (Lipinski definition) is 3. The van der Waals surface area contributed by atoms with Crippen molar-refractivity contribution in [3.05, 3.63) is 64.1 Å². The topological polar surface area (TPSA) is 49.0 Å². The summed E-state index contributed by atoms with van der Waals surface area (Å²) in [5.74, 6) is 0. The van der Waals surface area contributed by atoms with E-state index in [1.807, 2.05) is 36.4 Å². The van der Waals surface area contributed by atoms with Crippen molar-refractivity contribution in [3.63, 3.8) is 0 Å². The number of piperidine rings is 1. The zero-order valence-electron chi connectivity index (χ0n) is 15.8. The molecule has 1 aliphatic heterocycles. The molecule has 0 amide bonds. The third-order valence-electron chi connectivity index (χ3n) is 5.71. The van der Waals surface area contributed by atoms with Crippen LogP contribution in [0.15, 0.2) is 47.4 Å². The van der Waals surface area contributed by atoms with E-state index in [0.717, 1.165) is 18.4 Å². The van der Waals surface area contributed by atoms with Crippen LogP contribution in [0.4, 0.5) is 10.1 Å². The maximum Gasteiger partial charge on any atom is 0.270 e. The SMILES string of the molecule is CCCCn1ccc(N2CCC(CF)(c3ccccc3)CC2)c(C#N)c1=O. The van der Waals surface area contributed by atoms with Gasteiger partial charge in [0, 0.05) is 31.2 Å². The zero-order chi connectivity index (χ0) is 19.3. The minimum atomic E-state index is -0.472. The van der Waals surface area contributed by atoms with Crippen LogP contribution >= 0.6 is 0 Å². The summed E-state index contributed by atoms with van der Waals surface area (Å²) >= 11 is 0. The largest absolute Gasteiger partial charge is 0.370 e. The molecule has 0 spiro atoms. The third-order valence-corrected chi connectivity index (χ3v) is 5.71. The van der Waals surface area contributed by atoms with Crippen LogP contribution in [0.25, 0.3) is 0 Å². The van der Waals surface area contributed by atoms with Crippen LogP contribution in [0.2, 0.25) is 0 Å². The van der Waals surface area contributed by atoms with Crippen molar-refractivity contribution >= 4 is 5.69 Å². The number of unbranched alkanes of at least 4 members (excludes halogenated alkanes) is 1. The summed E-state index contributed by atoms with van der Waals surface area (Å²) in [7, 11) is 0. The Morgan fingerprint density at radius 2 is 1.89 bits per heavy atom. The van der Waals surface area contributed by atoms with Gasteiger partial charge in [0.1, 0.15) is 11.6 Å². The maximum atomic E-state index is 14.0. The lowest BCUT2D eigenvalue weighted by atomic mass is 9.74. The molecular formula is C22H26FN3O. The first-order chi connectivity index (χ1) is 13.1. The summed E-state index contributed by atoms with van der Waals surface area (Å²) in [4.78, 5) is 14.7. The standard InChI is InChI=1S/C22H26FN3O/c1-2-3-12-26-13-9-20(19(16-24)21(26)27)25-14-10-22(17-23,11-15-25)18-7-5-4-6-8-18/h4-9,13H,2-3,10-12,14-15,17H2,1H3. The van der Waals surface area contributed by atoms with Gasteiger partial charge in [-0.3, -0.25) is 9.18 Å². The minimum absolute atomic E-state index is 0.195. The van der Waals surface area contributed by atoms with Gasteiger partial charge in [0.2, 0.25) is 0 Å². The number of benzene rings is 1. The Labute approximate surface area is 159 Å². The average Bonchev–Trinajstić information content (AvgIpc) is 2.73. The number of aryl methyl sites for hydroxylation is 1. The number of aromatic nitrogens is 1. The Morgan fingerprint density at radius 3 is 2.48 bits per heavy atom. The highest BCUT2D eigenvalue weighted by molar-refractivity contribution is 5.58. The minimum Gasteiger partial charge on any atom is -0.370 e. The van der Waals surface area contributed by atoms with Crippen LogP contribution < -0.4 is 10.5 Å². The molecule has 1 aliphatic rings. The Morgan fingerprint density at radius 1 is 1.19 bits per heavy atom. The Hall–Kier alpha value is -2.61. The van der Waals surface area contributed by atoms with Gasteiger partial charge in [-0.15, -0.1) is 0 Å². The molecule has 0 atom stereocenters. The molecule has 0 saturated carbocycles. The molecule has 0 N–H and O–H groups in total. The van der Waals surface area contributed by atoms with Gasteiger partial charge in [-0.1, -0.05) is 43.7 Å². The van der Waals surface area contributed by atoms with Crippen LogP contribution in [0.3, 0.4) is 0 Å². The second kappa shape index (κ2) is 8.39. The molecule has 0 aliphatic carbocycles. The van der Waals surface area contributed by atoms with Gasteiger partial charge >= 0.3 is 0 Å². The first-order valence-corrected chi connectivity index (χ1v) is 9.65. The number of halogens is 1. The second-order valence-corrected chi connectivity index (χ2v) is 7.31. The molecule has 2 heterocycles. The molecule has 3 rings (SSSR count). The number of hydrogen-bond donors (Lipinski definition) is 0. The molecule has 1 aromatic carbocycles. The van der Waals surface area contributed by atoms with E-state index in [4.69, 9.17) is 0 Å². The fourth-order valence-electron chi connectivity index (χ4n) is 3.90. The Bertz CT molecular complexity index is 861. The van der Waals surface area contributed by atoms with Gasteiger partial charge in [0.25, 0.3) is 5.56 Å². The number of alkyl halides is 1. The molecule has 0 radical (unpaired) electrons. The highest BCUT2D eigenvalue weighted by atomic mass is 19.1. The number of anilines is 1. The van der Waals surface area contributed by atoms with Crippen molar-refractivity contribution in [3.8, 4) is 6.07 Å². The molecule has 1 fully saturated rings. The average molecular weight is 367 g/mol. The summed E-state index contributed by atoms with van der Waals surface area (Å²) < 4.78 is 15.6. The van der Waals surface area contributed by atoms with E-state index < -0.39 is 12.1 Å². The predicted octanol–water partition coefficient (Wildman–Crippen LogP) is 4.03. The second-order valence-electron chi connectivity index (χ2n) is 7.31. The molecule has 142 valence electrons. The van der Waals surface area contributed by atoms with Crippen LogP contribution in [-0.2, 0) is 12.0 Å². The quantitative estimate of drug-likeness (QED) is 0.775. The fraction of sp³-hybridized carbons (Fsp3) is 0.455. The summed E-state index contributed by atoms with van der Waals surface area (Å²) in [6.45, 7) is 3.57. The van der Waals surface area contributed by atoms with E-state index >= 15 is 0 Å². The van der Waals surface area contributed by atoms with E-state index in [0.29, 0.717) is 38.2 Å². The van der Waals surface area contributed by atoms with Crippen molar-refractivity contribution in [1.29, 1.82) is 5.26 Å². The van der Waals surface area contributed by atoms with E-state index in [2.05, 4.69) is 17.9 Å². The molecule has 27 heavy (non-hydrogen) atoms. The maximum absolute atomic E-state index is 14.0. The predicted molar refractivity (Wildman–Crippen MR) is 106 cm³/mol. The van der Waals surface area contributed by atoms with Gasteiger partial charge in [-0.05, 0) is 30.9 Å². The molecule has 1 saturated heterocycles. The van der Waals surface area contributed by atoms with Crippen LogP contribution in [0.1, 0.15) is 43.7 Å². The molecule has 4 nitrogen and oxygen atoms in total. The van der Waals surface area contributed by atoms with Gasteiger partial charge in [0.15, 0.2) is 0 Å². The number of rotatable bonds is 6. The normalized spacial score (nSPS) is 16.1. The zero-order valence-corrected chi connectivity index (χ0v) is 15.8. The van der Waals surface area contributed by atoms with Crippen LogP contribution in [0.5, 0.6) is 0 Å². The molecule has 2 aromatic rings. The van der Waals surface area contributed by atoms with Crippen molar-refractivity contribution in [2.45, 2.75) is 44.6 Å². The molecule has 1 aromatic heterocycles. The highest BCUT2D eigenvalue weighted by Crippen LogP contribution is 2.37. The van der Waals surface area contributed by atoms with Crippen molar-refractivity contribution in [2.75, 3.05) is 24.7 Å². The van der Waals surface area contributed by atoms with Crippen LogP contribution in [-0.4, -0.2) is 24.3 Å². The monoisotopic (exact) mass is 367 g/mol. The van der Waals surface area contributed by atoms with Crippen molar-refractivity contribution in [1.82, 2.24) is 4.57 Å². The summed E-state index contributed by atoms with van der Waals surface area (Å²) in [5, 5.41) is 9.56. The van der Waals surface area contributed by atoms with Gasteiger partial charge in [-0.25, -0.2) is 0 Å². The van der Waals surface area contributed by atoms with Crippen molar-refractivity contribution < 1.29 is 4.39 Å². The number of nitriles is 1. The van der Waals surface area contributed by atoms with Gasteiger partial charge < -0.3 is 9.47 Å². The fourth-order valence-corrected chi connectivity index (χ4v) is 3.90. The van der Waals surface area contributed by atoms with Crippen LogP contribution in [0, 0.1) is 11.3 Å². The first-order valence-electron chi connectivity index (χ1n) is 9.65. The highest BCUT2D eigenvalue weighted by Gasteiger charge is 2.37.